The van der Waals surface area contributed by atoms with Crippen molar-refractivity contribution in [1.82, 2.24) is 0 Å². The number of allylic oxidation sites excluding steroid dienone is 2. The second kappa shape index (κ2) is 29.9. The van der Waals surface area contributed by atoms with Gasteiger partial charge in [-0.2, -0.15) is 0 Å². The van der Waals surface area contributed by atoms with Crippen LogP contribution in [0, 0.1) is 0 Å². The number of aliphatic hydroxyl groups excluding tert-OH is 5. The second-order valence-electron chi connectivity index (χ2n) is 14.1. The lowest BCUT2D eigenvalue weighted by molar-refractivity contribution is -0.220. The molecule has 0 saturated heterocycles. The molecule has 13 nitrogen and oxygen atoms in total. The summed E-state index contributed by atoms with van der Waals surface area (Å²) in [6.45, 7) is 3.23. The minimum atomic E-state index is -5.10. The molecule has 0 spiro atoms. The zero-order chi connectivity index (χ0) is 38.6. The van der Waals surface area contributed by atoms with Gasteiger partial charge in [-0.25, -0.2) is 4.57 Å². The van der Waals surface area contributed by atoms with Gasteiger partial charge in [-0.05, 0) is 38.5 Å². The number of phosphoric ester groups is 1. The molecule has 52 heavy (non-hydrogen) atoms. The third kappa shape index (κ3) is 22.7. The maximum absolute atomic E-state index is 12.7. The first kappa shape index (κ1) is 48.6. The molecule has 0 amide bonds. The van der Waals surface area contributed by atoms with Crippen LogP contribution in [-0.2, 0) is 32.7 Å². The number of phosphoric acid groups is 1. The monoisotopic (exact) mass is 766 g/mol. The van der Waals surface area contributed by atoms with Gasteiger partial charge in [0.05, 0.1) is 6.61 Å². The first-order chi connectivity index (χ1) is 24.9. The summed E-state index contributed by atoms with van der Waals surface area (Å²) in [6, 6.07) is 0. The number of carbonyl (C=O) groups excluding carboxylic acids is 2. The highest BCUT2D eigenvalue weighted by Crippen LogP contribution is 2.47. The highest BCUT2D eigenvalue weighted by molar-refractivity contribution is 7.47. The van der Waals surface area contributed by atoms with Crippen LogP contribution in [0.15, 0.2) is 12.2 Å². The van der Waals surface area contributed by atoms with Gasteiger partial charge in [0.25, 0.3) is 0 Å². The third-order valence-corrected chi connectivity index (χ3v) is 10.3. The highest BCUT2D eigenvalue weighted by atomic mass is 31.2. The number of rotatable bonds is 32. The van der Waals surface area contributed by atoms with Crippen molar-refractivity contribution in [3.63, 3.8) is 0 Å². The fourth-order valence-corrected chi connectivity index (χ4v) is 7.02. The number of esters is 2. The Morgan fingerprint density at radius 3 is 1.50 bits per heavy atom. The summed E-state index contributed by atoms with van der Waals surface area (Å²) in [6.07, 6.45) is 14.3. The summed E-state index contributed by atoms with van der Waals surface area (Å²) >= 11 is 0. The van der Waals surface area contributed by atoms with Gasteiger partial charge >= 0.3 is 19.8 Å². The average Bonchev–Trinajstić information content (AvgIpc) is 3.12. The van der Waals surface area contributed by atoms with Crippen molar-refractivity contribution in [2.75, 3.05) is 13.2 Å². The van der Waals surface area contributed by atoms with Gasteiger partial charge in [0.2, 0.25) is 0 Å². The molecule has 6 unspecified atom stereocenters. The zero-order valence-corrected chi connectivity index (χ0v) is 32.8. The molecule has 1 saturated carbocycles. The molecule has 0 radical (unpaired) electrons. The molecule has 0 aromatic heterocycles. The van der Waals surface area contributed by atoms with Crippen LogP contribution in [0.4, 0.5) is 0 Å². The molecule has 6 N–H and O–H groups in total. The van der Waals surface area contributed by atoms with Crippen LogP contribution >= 0.6 is 7.82 Å². The maximum atomic E-state index is 12.7. The number of hydrogen-bond donors (Lipinski definition) is 6. The van der Waals surface area contributed by atoms with Crippen LogP contribution in [0.3, 0.4) is 0 Å². The van der Waals surface area contributed by atoms with E-state index in [1.165, 1.54) is 57.8 Å². The Balaban J connectivity index is 2.54. The van der Waals surface area contributed by atoms with Crippen LogP contribution in [0.1, 0.15) is 162 Å². The first-order valence-corrected chi connectivity index (χ1v) is 21.5. The molecular weight excluding hydrogens is 695 g/mol. The van der Waals surface area contributed by atoms with Crippen LogP contribution in [0.5, 0.6) is 0 Å². The van der Waals surface area contributed by atoms with Gasteiger partial charge < -0.3 is 39.9 Å². The molecule has 0 aliphatic heterocycles. The highest BCUT2D eigenvalue weighted by Gasteiger charge is 2.51. The van der Waals surface area contributed by atoms with E-state index >= 15 is 0 Å². The Hall–Kier alpha value is -1.41. The number of ether oxygens (including phenoxy) is 2. The molecule has 8 atom stereocenters. The van der Waals surface area contributed by atoms with E-state index in [0.29, 0.717) is 12.8 Å². The summed E-state index contributed by atoms with van der Waals surface area (Å²) < 4.78 is 33.3. The van der Waals surface area contributed by atoms with Gasteiger partial charge in [-0.15, -0.1) is 0 Å². The Bertz CT molecular complexity index is 980. The van der Waals surface area contributed by atoms with Crippen molar-refractivity contribution < 1.29 is 63.1 Å². The lowest BCUT2D eigenvalue weighted by Crippen LogP contribution is -2.64. The van der Waals surface area contributed by atoms with Crippen LogP contribution in [0.25, 0.3) is 0 Å². The van der Waals surface area contributed by atoms with Crippen molar-refractivity contribution in [2.45, 2.75) is 204 Å². The van der Waals surface area contributed by atoms with Gasteiger partial charge in [0.15, 0.2) is 6.10 Å². The predicted octanol–water partition coefficient (Wildman–Crippen LogP) is 6.33. The molecule has 1 fully saturated rings. The number of aliphatic hydroxyl groups is 5. The minimum Gasteiger partial charge on any atom is -0.462 e. The van der Waals surface area contributed by atoms with Gasteiger partial charge in [-0.1, -0.05) is 122 Å². The summed E-state index contributed by atoms with van der Waals surface area (Å²) in [5.74, 6) is -1.11. The van der Waals surface area contributed by atoms with E-state index in [2.05, 4.69) is 26.0 Å². The molecule has 0 aromatic rings. The summed E-state index contributed by atoms with van der Waals surface area (Å²) in [5, 5.41) is 49.9. The summed E-state index contributed by atoms with van der Waals surface area (Å²) in [4.78, 5) is 35.4. The van der Waals surface area contributed by atoms with Crippen molar-refractivity contribution in [3.8, 4) is 0 Å². The SMILES string of the molecule is CCCCC/C=C/CCCCCCCC(=O)OC[C@H](COP(=O)(O)OC1C(O)C(O)C(O)[C@@H](O)C1O)OC(=O)CCCCCCCCCCCCC. The fourth-order valence-electron chi connectivity index (χ4n) is 6.05. The first-order valence-electron chi connectivity index (χ1n) is 20.0. The molecule has 306 valence electrons. The van der Waals surface area contributed by atoms with Crippen LogP contribution in [0.2, 0.25) is 0 Å². The van der Waals surface area contributed by atoms with Crippen molar-refractivity contribution in [2.24, 2.45) is 0 Å². The zero-order valence-electron chi connectivity index (χ0n) is 31.9. The largest absolute Gasteiger partial charge is 0.472 e. The van der Waals surface area contributed by atoms with Gasteiger partial charge in [0, 0.05) is 12.8 Å². The normalized spacial score (nSPS) is 23.8. The molecule has 14 heteroatoms. The van der Waals surface area contributed by atoms with E-state index in [1.54, 1.807) is 0 Å². The average molecular weight is 767 g/mol. The maximum Gasteiger partial charge on any atom is 0.472 e. The number of hydrogen-bond acceptors (Lipinski definition) is 12. The van der Waals surface area contributed by atoms with Crippen LogP contribution in [-0.4, -0.2) is 98.3 Å². The second-order valence-corrected chi connectivity index (χ2v) is 15.5. The summed E-state index contributed by atoms with van der Waals surface area (Å²) in [7, 11) is -5.10. The smallest absolute Gasteiger partial charge is 0.462 e. The summed E-state index contributed by atoms with van der Waals surface area (Å²) in [5.41, 5.74) is 0. The van der Waals surface area contributed by atoms with E-state index in [1.807, 2.05) is 0 Å². The number of carbonyl (C=O) groups is 2. The van der Waals surface area contributed by atoms with Crippen LogP contribution < -0.4 is 0 Å². The third-order valence-electron chi connectivity index (χ3n) is 9.36. The van der Waals surface area contributed by atoms with E-state index in [0.717, 1.165) is 64.2 Å². The molecule has 1 aliphatic carbocycles. The van der Waals surface area contributed by atoms with Crippen molar-refractivity contribution in [3.05, 3.63) is 12.2 Å². The Morgan fingerprint density at radius 1 is 0.577 bits per heavy atom. The Labute approximate surface area is 312 Å². The Morgan fingerprint density at radius 2 is 0.981 bits per heavy atom. The van der Waals surface area contributed by atoms with E-state index < -0.39 is 75.7 Å². The molecule has 1 aliphatic rings. The van der Waals surface area contributed by atoms with Crippen molar-refractivity contribution >= 4 is 19.8 Å². The lowest BCUT2D eigenvalue weighted by Gasteiger charge is -2.41. The molecule has 0 aromatic carbocycles. The van der Waals surface area contributed by atoms with E-state index in [-0.39, 0.29) is 12.8 Å². The topological polar surface area (TPSA) is 210 Å². The molecule has 0 heterocycles. The molecule has 0 bridgehead atoms. The van der Waals surface area contributed by atoms with E-state index in [4.69, 9.17) is 18.5 Å². The minimum absolute atomic E-state index is 0.0992. The molecular formula is C38H71O13P. The van der Waals surface area contributed by atoms with Gasteiger partial charge in [0.1, 0.15) is 43.2 Å². The lowest BCUT2D eigenvalue weighted by atomic mass is 9.85. The number of unbranched alkanes of at least 4 members (excludes halogenated alkanes) is 18. The Kier molecular flexibility index (Phi) is 27.9. The predicted molar refractivity (Wildman–Crippen MR) is 198 cm³/mol. The van der Waals surface area contributed by atoms with Gasteiger partial charge in [-0.3, -0.25) is 18.6 Å². The quantitative estimate of drug-likeness (QED) is 0.0192. The molecule has 1 rings (SSSR count). The standard InChI is InChI=1S/C38H71O13P/c1-3-5-7-9-11-13-15-17-18-20-22-24-26-31(39)48-28-30(50-32(40)27-25-23-21-19-16-14-12-10-8-6-4-2)29-49-52(46,47)51-38-36(44)34(42)33(41)35(43)37(38)45/h11,13,30,33-38,41-45H,3-10,12,14-29H2,1-2H3,(H,46,47)/b13-11+/t30-,33?,34-,35?,36?,37?,38?/m1/s1. The van der Waals surface area contributed by atoms with Crippen molar-refractivity contribution in [1.29, 1.82) is 0 Å². The van der Waals surface area contributed by atoms with E-state index in [9.17, 15) is 44.6 Å². The fraction of sp³-hybridized carbons (Fsp3) is 0.895.